The molecule has 0 bridgehead atoms. The summed E-state index contributed by atoms with van der Waals surface area (Å²) in [6, 6.07) is 7.98. The summed E-state index contributed by atoms with van der Waals surface area (Å²) in [5.74, 6) is 1.10. The van der Waals surface area contributed by atoms with E-state index in [4.69, 9.17) is 4.74 Å². The molecular weight excluding hydrogens is 260 g/mol. The number of carbonyl (C=O) groups excluding carboxylic acids is 1. The van der Waals surface area contributed by atoms with Gasteiger partial charge in [0.15, 0.2) is 0 Å². The van der Waals surface area contributed by atoms with Crippen molar-refractivity contribution < 1.29 is 9.53 Å². The number of aryl methyl sites for hydroxylation is 1. The van der Waals surface area contributed by atoms with Gasteiger partial charge in [0.1, 0.15) is 18.1 Å². The Labute approximate surface area is 128 Å². The van der Waals surface area contributed by atoms with Crippen LogP contribution in [0.3, 0.4) is 0 Å². The van der Waals surface area contributed by atoms with Crippen LogP contribution in [-0.4, -0.2) is 12.4 Å². The van der Waals surface area contributed by atoms with E-state index in [0.717, 1.165) is 31.4 Å². The van der Waals surface area contributed by atoms with Crippen molar-refractivity contribution >= 4 is 5.78 Å². The number of carbonyl (C=O) groups is 1. The van der Waals surface area contributed by atoms with Crippen molar-refractivity contribution in [2.75, 3.05) is 6.61 Å². The van der Waals surface area contributed by atoms with Gasteiger partial charge in [0, 0.05) is 6.42 Å². The van der Waals surface area contributed by atoms with Crippen molar-refractivity contribution in [3.63, 3.8) is 0 Å². The zero-order chi connectivity index (χ0) is 15.3. The molecule has 0 fully saturated rings. The summed E-state index contributed by atoms with van der Waals surface area (Å²) in [4.78, 5) is 10.9. The molecule has 0 aromatic heterocycles. The zero-order valence-corrected chi connectivity index (χ0v) is 13.2. The highest BCUT2D eigenvalue weighted by atomic mass is 16.5. The predicted molar refractivity (Wildman–Crippen MR) is 88.7 cm³/mol. The molecule has 0 atom stereocenters. The largest absolute Gasteiger partial charge is 0.490 e. The maximum atomic E-state index is 10.9. The summed E-state index contributed by atoms with van der Waals surface area (Å²) in [6.07, 6.45) is 13.3. The molecule has 114 valence electrons. The molecule has 0 spiro atoms. The molecule has 0 aliphatic heterocycles. The third kappa shape index (κ3) is 8.85. The average molecular weight is 286 g/mol. The van der Waals surface area contributed by atoms with Crippen LogP contribution >= 0.6 is 0 Å². The van der Waals surface area contributed by atoms with Crippen LogP contribution in [0.4, 0.5) is 0 Å². The molecule has 0 saturated heterocycles. The van der Waals surface area contributed by atoms with Crippen LogP contribution in [0.2, 0.25) is 0 Å². The third-order valence-electron chi connectivity index (χ3n) is 3.10. The van der Waals surface area contributed by atoms with E-state index in [2.05, 4.69) is 31.2 Å². The van der Waals surface area contributed by atoms with Crippen molar-refractivity contribution in [2.24, 2.45) is 0 Å². The molecule has 2 heteroatoms. The highest BCUT2D eigenvalue weighted by Crippen LogP contribution is 2.13. The van der Waals surface area contributed by atoms with Crippen LogP contribution in [0.1, 0.15) is 45.1 Å². The first-order valence-corrected chi connectivity index (χ1v) is 7.73. The van der Waals surface area contributed by atoms with Crippen LogP contribution in [-0.2, 0) is 11.2 Å². The molecule has 1 aromatic carbocycles. The fourth-order valence-electron chi connectivity index (χ4n) is 1.88. The molecule has 21 heavy (non-hydrogen) atoms. The fourth-order valence-corrected chi connectivity index (χ4v) is 1.88. The lowest BCUT2D eigenvalue weighted by molar-refractivity contribution is -0.116. The first-order valence-electron chi connectivity index (χ1n) is 7.73. The number of allylic oxidation sites excluding steroid dienone is 3. The van der Waals surface area contributed by atoms with Crippen molar-refractivity contribution in [3.05, 3.63) is 54.1 Å². The Morgan fingerprint density at radius 2 is 1.71 bits per heavy atom. The Morgan fingerprint density at radius 3 is 2.33 bits per heavy atom. The van der Waals surface area contributed by atoms with Crippen LogP contribution in [0.5, 0.6) is 5.75 Å². The van der Waals surface area contributed by atoms with Crippen LogP contribution in [0.25, 0.3) is 0 Å². The van der Waals surface area contributed by atoms with E-state index in [1.54, 1.807) is 6.92 Å². The summed E-state index contributed by atoms with van der Waals surface area (Å²) < 4.78 is 5.64. The van der Waals surface area contributed by atoms with E-state index in [9.17, 15) is 4.79 Å². The van der Waals surface area contributed by atoms with Gasteiger partial charge in [-0.15, -0.1) is 0 Å². The summed E-state index contributed by atoms with van der Waals surface area (Å²) in [5.41, 5.74) is 1.18. The van der Waals surface area contributed by atoms with Gasteiger partial charge in [0.05, 0.1) is 0 Å². The molecule has 0 heterocycles. The van der Waals surface area contributed by atoms with E-state index in [0.29, 0.717) is 13.0 Å². The number of Topliss-reactive ketones (excluding diaryl/α,β-unsaturated/α-hetero) is 1. The molecular formula is C19H26O2. The predicted octanol–water partition coefficient (Wildman–Crippen LogP) is 4.89. The molecule has 0 N–H and O–H groups in total. The second kappa shape index (κ2) is 10.9. The minimum Gasteiger partial charge on any atom is -0.490 e. The van der Waals surface area contributed by atoms with Gasteiger partial charge in [-0.3, -0.25) is 0 Å². The highest BCUT2D eigenvalue weighted by Gasteiger charge is 1.97. The average Bonchev–Trinajstić information content (AvgIpc) is 2.49. The van der Waals surface area contributed by atoms with Gasteiger partial charge in [0.25, 0.3) is 0 Å². The van der Waals surface area contributed by atoms with Gasteiger partial charge < -0.3 is 9.53 Å². The number of ether oxygens (including phenoxy) is 1. The lowest BCUT2D eigenvalue weighted by Gasteiger charge is -2.04. The topological polar surface area (TPSA) is 26.3 Å². The van der Waals surface area contributed by atoms with Gasteiger partial charge in [-0.05, 0) is 50.3 Å². The molecule has 0 aliphatic carbocycles. The standard InChI is InChI=1S/C19H26O2/c1-3-4-5-6-7-8-9-16-21-19-14-12-18(13-15-19)11-10-17(2)20/h4-5,8-9,12-15H,3,6-7,10-11,16H2,1-2H3/b5-4-,9-8+. The Balaban J connectivity index is 2.21. The summed E-state index contributed by atoms with van der Waals surface area (Å²) in [6.45, 7) is 4.37. The van der Waals surface area contributed by atoms with E-state index in [1.165, 1.54) is 5.56 Å². The molecule has 2 nitrogen and oxygen atoms in total. The first-order chi connectivity index (χ1) is 10.2. The maximum Gasteiger partial charge on any atom is 0.130 e. The fraction of sp³-hybridized carbons (Fsp3) is 0.421. The number of benzene rings is 1. The lowest BCUT2D eigenvalue weighted by atomic mass is 10.1. The van der Waals surface area contributed by atoms with Crippen molar-refractivity contribution in [3.8, 4) is 5.75 Å². The van der Waals surface area contributed by atoms with Gasteiger partial charge in [-0.1, -0.05) is 43.4 Å². The summed E-state index contributed by atoms with van der Waals surface area (Å²) >= 11 is 0. The second-order valence-electron chi connectivity index (χ2n) is 5.09. The maximum absolute atomic E-state index is 10.9. The van der Waals surface area contributed by atoms with Crippen LogP contribution in [0.15, 0.2) is 48.6 Å². The van der Waals surface area contributed by atoms with Crippen molar-refractivity contribution in [1.29, 1.82) is 0 Å². The normalized spacial score (nSPS) is 11.3. The molecule has 0 unspecified atom stereocenters. The van der Waals surface area contributed by atoms with Gasteiger partial charge in [0.2, 0.25) is 0 Å². The third-order valence-corrected chi connectivity index (χ3v) is 3.10. The molecule has 1 aromatic rings. The molecule has 0 amide bonds. The number of hydrogen-bond acceptors (Lipinski definition) is 2. The van der Waals surface area contributed by atoms with E-state index in [-0.39, 0.29) is 5.78 Å². The summed E-state index contributed by atoms with van der Waals surface area (Å²) in [7, 11) is 0. The van der Waals surface area contributed by atoms with Gasteiger partial charge >= 0.3 is 0 Å². The molecule has 0 saturated carbocycles. The monoisotopic (exact) mass is 286 g/mol. The zero-order valence-electron chi connectivity index (χ0n) is 13.2. The number of unbranched alkanes of at least 4 members (excludes halogenated alkanes) is 1. The van der Waals surface area contributed by atoms with Gasteiger partial charge in [-0.2, -0.15) is 0 Å². The van der Waals surface area contributed by atoms with Crippen molar-refractivity contribution in [1.82, 2.24) is 0 Å². The summed E-state index contributed by atoms with van der Waals surface area (Å²) in [5, 5.41) is 0. The Hall–Kier alpha value is -1.83. The van der Waals surface area contributed by atoms with Crippen LogP contribution < -0.4 is 4.74 Å². The molecule has 1 rings (SSSR count). The quantitative estimate of drug-likeness (QED) is 0.452. The Bertz CT molecular complexity index is 455. The first kappa shape index (κ1) is 17.2. The minimum absolute atomic E-state index is 0.231. The van der Waals surface area contributed by atoms with E-state index >= 15 is 0 Å². The highest BCUT2D eigenvalue weighted by molar-refractivity contribution is 5.75. The molecule has 0 aliphatic rings. The Kier molecular flexibility index (Phi) is 8.94. The number of hydrogen-bond donors (Lipinski definition) is 0. The Morgan fingerprint density at radius 1 is 1.05 bits per heavy atom. The van der Waals surface area contributed by atoms with Crippen LogP contribution in [0, 0.1) is 0 Å². The minimum atomic E-state index is 0.231. The van der Waals surface area contributed by atoms with E-state index in [1.807, 2.05) is 24.3 Å². The number of rotatable bonds is 10. The SMILES string of the molecule is CC/C=C\CC/C=C/COc1ccc(CCC(C)=O)cc1. The number of ketones is 1. The second-order valence-corrected chi connectivity index (χ2v) is 5.09. The lowest BCUT2D eigenvalue weighted by Crippen LogP contribution is -1.95. The van der Waals surface area contributed by atoms with Crippen molar-refractivity contribution in [2.45, 2.75) is 46.0 Å². The van der Waals surface area contributed by atoms with Gasteiger partial charge in [-0.25, -0.2) is 0 Å². The molecule has 0 radical (unpaired) electrons. The smallest absolute Gasteiger partial charge is 0.130 e. The van der Waals surface area contributed by atoms with E-state index < -0.39 is 0 Å².